The minimum absolute atomic E-state index is 0.0774. The van der Waals surface area contributed by atoms with Crippen LogP contribution in [0.15, 0.2) is 24.3 Å². The number of imide groups is 1. The molecule has 1 aromatic carbocycles. The van der Waals surface area contributed by atoms with Crippen molar-refractivity contribution in [3.63, 3.8) is 0 Å². The largest absolute Gasteiger partial charge is 0.336 e. The highest BCUT2D eigenvalue weighted by Gasteiger charge is 2.27. The third kappa shape index (κ3) is 4.35. The van der Waals surface area contributed by atoms with Crippen molar-refractivity contribution >= 4 is 11.9 Å². The summed E-state index contributed by atoms with van der Waals surface area (Å²) in [4.78, 5) is 25.0. The van der Waals surface area contributed by atoms with Gasteiger partial charge in [-0.1, -0.05) is 58.9 Å². The van der Waals surface area contributed by atoms with E-state index in [2.05, 4.69) is 69.5 Å². The molecule has 5 heteroatoms. The first kappa shape index (κ1) is 18.5. The maximum Gasteiger partial charge on any atom is 0.324 e. The van der Waals surface area contributed by atoms with Gasteiger partial charge in [0.05, 0.1) is 6.54 Å². The Labute approximate surface area is 144 Å². The Morgan fingerprint density at radius 1 is 1.25 bits per heavy atom. The van der Waals surface area contributed by atoms with Crippen LogP contribution in [-0.4, -0.2) is 36.5 Å². The molecule has 1 saturated heterocycles. The standard InChI is InChI=1S/C19H29N3O2/c1-13(2)17(14-6-8-15(9-7-14)19(3,4)5)21-12-16(23)22-11-10-20-18(22)24/h6-9,13,17,21H,10-12H2,1-5H3,(H,20,24)/t17-/m0/s1. The molecule has 0 spiro atoms. The molecule has 0 unspecified atom stereocenters. The van der Waals surface area contributed by atoms with Gasteiger partial charge >= 0.3 is 6.03 Å². The summed E-state index contributed by atoms with van der Waals surface area (Å²) in [6, 6.07) is 8.35. The lowest BCUT2D eigenvalue weighted by Gasteiger charge is -2.25. The molecule has 1 fully saturated rings. The molecule has 0 aliphatic carbocycles. The lowest BCUT2D eigenvalue weighted by atomic mass is 9.85. The van der Waals surface area contributed by atoms with Gasteiger partial charge in [-0.3, -0.25) is 9.69 Å². The minimum Gasteiger partial charge on any atom is -0.336 e. The van der Waals surface area contributed by atoms with Gasteiger partial charge in [-0.25, -0.2) is 4.79 Å². The normalized spacial score (nSPS) is 16.4. The van der Waals surface area contributed by atoms with E-state index in [0.29, 0.717) is 19.0 Å². The van der Waals surface area contributed by atoms with Crippen molar-refractivity contribution in [1.82, 2.24) is 15.5 Å². The Balaban J connectivity index is 2.04. The number of carbonyl (C=O) groups is 2. The fourth-order valence-corrected chi connectivity index (χ4v) is 2.93. The monoisotopic (exact) mass is 331 g/mol. The molecule has 5 nitrogen and oxygen atoms in total. The van der Waals surface area contributed by atoms with Crippen LogP contribution in [0.25, 0.3) is 0 Å². The van der Waals surface area contributed by atoms with E-state index in [1.165, 1.54) is 10.5 Å². The van der Waals surface area contributed by atoms with E-state index in [4.69, 9.17) is 0 Å². The van der Waals surface area contributed by atoms with Crippen molar-refractivity contribution in [2.45, 2.75) is 46.1 Å². The van der Waals surface area contributed by atoms with Gasteiger partial charge in [0, 0.05) is 19.1 Å². The zero-order valence-electron chi connectivity index (χ0n) is 15.3. The summed E-state index contributed by atoms with van der Waals surface area (Å²) in [7, 11) is 0. The number of hydrogen-bond acceptors (Lipinski definition) is 3. The van der Waals surface area contributed by atoms with Gasteiger partial charge in [0.1, 0.15) is 0 Å². The Morgan fingerprint density at radius 2 is 1.88 bits per heavy atom. The van der Waals surface area contributed by atoms with Gasteiger partial charge in [-0.2, -0.15) is 0 Å². The van der Waals surface area contributed by atoms with Crippen LogP contribution in [0.1, 0.15) is 51.8 Å². The summed E-state index contributed by atoms with van der Waals surface area (Å²) in [5, 5.41) is 5.97. The summed E-state index contributed by atoms with van der Waals surface area (Å²) < 4.78 is 0. The van der Waals surface area contributed by atoms with E-state index in [-0.39, 0.29) is 29.9 Å². The third-order valence-electron chi connectivity index (χ3n) is 4.43. The SMILES string of the molecule is CC(C)[C@H](NCC(=O)N1CCNC1=O)c1ccc(C(C)(C)C)cc1. The van der Waals surface area contributed by atoms with Crippen LogP contribution in [0.2, 0.25) is 0 Å². The summed E-state index contributed by atoms with van der Waals surface area (Å²) in [6.07, 6.45) is 0. The molecule has 1 aliphatic rings. The highest BCUT2D eigenvalue weighted by Crippen LogP contribution is 2.26. The zero-order chi connectivity index (χ0) is 17.9. The molecular weight excluding hydrogens is 302 g/mol. The molecule has 0 radical (unpaired) electrons. The molecule has 1 aliphatic heterocycles. The molecule has 2 N–H and O–H groups in total. The van der Waals surface area contributed by atoms with Gasteiger partial charge in [0.15, 0.2) is 0 Å². The number of nitrogens with one attached hydrogen (secondary N) is 2. The van der Waals surface area contributed by atoms with Crippen LogP contribution in [-0.2, 0) is 10.2 Å². The number of carbonyl (C=O) groups excluding carboxylic acids is 2. The topological polar surface area (TPSA) is 61.4 Å². The Morgan fingerprint density at radius 3 is 2.33 bits per heavy atom. The molecule has 2 rings (SSSR count). The third-order valence-corrected chi connectivity index (χ3v) is 4.43. The first-order valence-electron chi connectivity index (χ1n) is 8.62. The zero-order valence-corrected chi connectivity index (χ0v) is 15.3. The predicted molar refractivity (Wildman–Crippen MR) is 95.8 cm³/mol. The Hall–Kier alpha value is -1.88. The molecule has 132 valence electrons. The second-order valence-corrected chi connectivity index (χ2v) is 7.75. The number of rotatable bonds is 5. The van der Waals surface area contributed by atoms with Crippen LogP contribution < -0.4 is 10.6 Å². The molecule has 24 heavy (non-hydrogen) atoms. The average molecular weight is 331 g/mol. The average Bonchev–Trinajstić information content (AvgIpc) is 2.92. The predicted octanol–water partition coefficient (Wildman–Crippen LogP) is 2.82. The van der Waals surface area contributed by atoms with E-state index in [9.17, 15) is 9.59 Å². The van der Waals surface area contributed by atoms with Crippen molar-refractivity contribution in [2.75, 3.05) is 19.6 Å². The molecule has 1 heterocycles. The van der Waals surface area contributed by atoms with Gasteiger partial charge in [-0.15, -0.1) is 0 Å². The van der Waals surface area contributed by atoms with Gasteiger partial charge in [0.25, 0.3) is 0 Å². The van der Waals surface area contributed by atoms with E-state index in [0.717, 1.165) is 5.56 Å². The Kier molecular flexibility index (Phi) is 5.65. The molecular formula is C19H29N3O2. The number of nitrogens with zero attached hydrogens (tertiary/aromatic N) is 1. The quantitative estimate of drug-likeness (QED) is 0.872. The van der Waals surface area contributed by atoms with Gasteiger partial charge in [0.2, 0.25) is 5.91 Å². The fraction of sp³-hybridized carbons (Fsp3) is 0.579. The number of benzene rings is 1. The number of hydrogen-bond donors (Lipinski definition) is 2. The highest BCUT2D eigenvalue weighted by molar-refractivity contribution is 5.96. The maximum atomic E-state index is 12.2. The first-order chi connectivity index (χ1) is 11.2. The summed E-state index contributed by atoms with van der Waals surface area (Å²) in [5.41, 5.74) is 2.58. The van der Waals surface area contributed by atoms with Gasteiger partial charge in [-0.05, 0) is 22.5 Å². The number of urea groups is 1. The Bertz CT molecular complexity index is 588. The first-order valence-corrected chi connectivity index (χ1v) is 8.62. The van der Waals surface area contributed by atoms with Crippen molar-refractivity contribution in [1.29, 1.82) is 0 Å². The van der Waals surface area contributed by atoms with Crippen LogP contribution in [0, 0.1) is 5.92 Å². The van der Waals surface area contributed by atoms with Crippen LogP contribution in [0.5, 0.6) is 0 Å². The van der Waals surface area contributed by atoms with Crippen molar-refractivity contribution < 1.29 is 9.59 Å². The lowest BCUT2D eigenvalue weighted by molar-refractivity contribution is -0.126. The van der Waals surface area contributed by atoms with E-state index < -0.39 is 0 Å². The van der Waals surface area contributed by atoms with E-state index in [1.54, 1.807) is 0 Å². The number of amides is 3. The summed E-state index contributed by atoms with van der Waals surface area (Å²) >= 11 is 0. The van der Waals surface area contributed by atoms with Gasteiger partial charge < -0.3 is 10.6 Å². The molecule has 0 bridgehead atoms. The second-order valence-electron chi connectivity index (χ2n) is 7.75. The molecule has 3 amide bonds. The van der Waals surface area contributed by atoms with Crippen molar-refractivity contribution in [3.05, 3.63) is 35.4 Å². The molecule has 1 aromatic rings. The lowest BCUT2D eigenvalue weighted by Crippen LogP contribution is -2.41. The van der Waals surface area contributed by atoms with Crippen molar-refractivity contribution in [3.8, 4) is 0 Å². The summed E-state index contributed by atoms with van der Waals surface area (Å²) in [5.74, 6) is 0.160. The molecule has 0 saturated carbocycles. The van der Waals surface area contributed by atoms with Crippen LogP contribution >= 0.6 is 0 Å². The summed E-state index contributed by atoms with van der Waals surface area (Å²) in [6.45, 7) is 12.0. The van der Waals surface area contributed by atoms with Crippen LogP contribution in [0.4, 0.5) is 4.79 Å². The second kappa shape index (κ2) is 7.34. The molecule has 0 aromatic heterocycles. The highest BCUT2D eigenvalue weighted by atomic mass is 16.2. The smallest absolute Gasteiger partial charge is 0.324 e. The fourth-order valence-electron chi connectivity index (χ4n) is 2.93. The van der Waals surface area contributed by atoms with E-state index in [1.807, 2.05) is 0 Å². The minimum atomic E-state index is -0.294. The molecule has 1 atom stereocenters. The maximum absolute atomic E-state index is 12.2. The van der Waals surface area contributed by atoms with E-state index >= 15 is 0 Å². The van der Waals surface area contributed by atoms with Crippen molar-refractivity contribution in [2.24, 2.45) is 5.92 Å². The van der Waals surface area contributed by atoms with Crippen LogP contribution in [0.3, 0.4) is 0 Å².